The van der Waals surface area contributed by atoms with Crippen molar-refractivity contribution in [1.82, 2.24) is 0 Å². The van der Waals surface area contributed by atoms with Crippen molar-refractivity contribution in [1.29, 1.82) is 0 Å². The lowest BCUT2D eigenvalue weighted by Crippen LogP contribution is -2.30. The fourth-order valence-electron chi connectivity index (χ4n) is 3.33. The molecule has 0 aliphatic carbocycles. The van der Waals surface area contributed by atoms with E-state index in [2.05, 4.69) is 0 Å². The number of furan rings is 1. The normalized spacial score (nSPS) is 18.4. The summed E-state index contributed by atoms with van der Waals surface area (Å²) in [7, 11) is 0. The number of aliphatic hydroxyl groups excluding tert-OH is 1. The summed E-state index contributed by atoms with van der Waals surface area (Å²) in [5.74, 6) is -4.08. The topological polar surface area (TPSA) is 70.8 Å². The van der Waals surface area contributed by atoms with Gasteiger partial charge in [0.05, 0.1) is 17.5 Å². The van der Waals surface area contributed by atoms with Gasteiger partial charge >= 0.3 is 0 Å². The van der Waals surface area contributed by atoms with E-state index >= 15 is 0 Å². The van der Waals surface area contributed by atoms with Crippen molar-refractivity contribution in [2.45, 2.75) is 13.0 Å². The van der Waals surface area contributed by atoms with Crippen LogP contribution in [0.25, 0.3) is 5.76 Å². The highest BCUT2D eigenvalue weighted by Crippen LogP contribution is 2.43. The van der Waals surface area contributed by atoms with Crippen molar-refractivity contribution in [2.75, 3.05) is 4.90 Å². The van der Waals surface area contributed by atoms with E-state index in [1.165, 1.54) is 18.4 Å². The van der Waals surface area contributed by atoms with Gasteiger partial charge in [-0.25, -0.2) is 8.78 Å². The lowest BCUT2D eigenvalue weighted by molar-refractivity contribution is -0.132. The predicted octanol–water partition coefficient (Wildman–Crippen LogP) is 4.49. The quantitative estimate of drug-likeness (QED) is 0.403. The van der Waals surface area contributed by atoms with Crippen LogP contribution in [0.4, 0.5) is 14.5 Å². The number of hydrogen-bond acceptors (Lipinski definition) is 4. The van der Waals surface area contributed by atoms with Gasteiger partial charge in [0.25, 0.3) is 11.7 Å². The van der Waals surface area contributed by atoms with Crippen LogP contribution in [0.3, 0.4) is 0 Å². The number of Topliss-reactive ketones (excluding diaryl/α,β-unsaturated/α-hetero) is 1. The van der Waals surface area contributed by atoms with Crippen molar-refractivity contribution in [3.8, 4) is 0 Å². The number of carbonyl (C=O) groups excluding carboxylic acids is 2. The SMILES string of the molecule is Cc1ccc(/C(O)=C2/C(=O)C(=O)N(c3cc(F)ccc3F)C2c2ccco2)cc1. The molecule has 1 aromatic heterocycles. The Morgan fingerprint density at radius 2 is 1.79 bits per heavy atom. The van der Waals surface area contributed by atoms with E-state index in [1.54, 1.807) is 24.3 Å². The number of nitrogens with zero attached hydrogens (tertiary/aromatic N) is 1. The third kappa shape index (κ3) is 3.10. The highest BCUT2D eigenvalue weighted by atomic mass is 19.1. The second-order valence-electron chi connectivity index (χ2n) is 6.65. The molecule has 0 bridgehead atoms. The minimum atomic E-state index is -1.25. The molecule has 1 atom stereocenters. The molecule has 7 heteroatoms. The molecule has 29 heavy (non-hydrogen) atoms. The number of aryl methyl sites for hydroxylation is 1. The highest BCUT2D eigenvalue weighted by molar-refractivity contribution is 6.51. The summed E-state index contributed by atoms with van der Waals surface area (Å²) in [5.41, 5.74) is 0.560. The van der Waals surface area contributed by atoms with Gasteiger partial charge in [0.15, 0.2) is 0 Å². The van der Waals surface area contributed by atoms with Crippen LogP contribution in [-0.4, -0.2) is 16.8 Å². The first-order valence-corrected chi connectivity index (χ1v) is 8.75. The fraction of sp³-hybridized carbons (Fsp3) is 0.0909. The maximum Gasteiger partial charge on any atom is 0.300 e. The molecule has 0 radical (unpaired) electrons. The van der Waals surface area contributed by atoms with Crippen LogP contribution in [0.2, 0.25) is 0 Å². The zero-order chi connectivity index (χ0) is 20.7. The summed E-state index contributed by atoms with van der Waals surface area (Å²) in [6.45, 7) is 1.86. The largest absolute Gasteiger partial charge is 0.507 e. The van der Waals surface area contributed by atoms with Crippen LogP contribution in [0.15, 0.2) is 70.9 Å². The Kier molecular flexibility index (Phi) is 4.50. The van der Waals surface area contributed by atoms with E-state index in [1.807, 2.05) is 6.92 Å². The molecule has 3 aromatic rings. The standard InChI is InChI=1S/C22H15F2NO4/c1-12-4-6-13(7-5-12)20(26)18-19(17-3-2-10-29-17)25(22(28)21(18)27)16-11-14(23)8-9-15(16)24/h2-11,19,26H,1H3/b20-18-. The molecule has 1 N–H and O–H groups in total. The molecular formula is C22H15F2NO4. The molecule has 1 aliphatic rings. The Labute approximate surface area is 164 Å². The van der Waals surface area contributed by atoms with Gasteiger partial charge < -0.3 is 9.52 Å². The molecule has 1 fully saturated rings. The Morgan fingerprint density at radius 3 is 2.45 bits per heavy atom. The molecule has 146 valence electrons. The van der Waals surface area contributed by atoms with Crippen LogP contribution in [0.1, 0.15) is 22.9 Å². The van der Waals surface area contributed by atoms with Gasteiger partial charge in [-0.1, -0.05) is 29.8 Å². The maximum absolute atomic E-state index is 14.5. The first-order valence-electron chi connectivity index (χ1n) is 8.75. The van der Waals surface area contributed by atoms with Gasteiger partial charge in [-0.05, 0) is 31.2 Å². The third-order valence-electron chi connectivity index (χ3n) is 4.75. The summed E-state index contributed by atoms with van der Waals surface area (Å²) in [6.07, 6.45) is 1.32. The summed E-state index contributed by atoms with van der Waals surface area (Å²) in [5, 5.41) is 10.8. The average molecular weight is 395 g/mol. The average Bonchev–Trinajstić information content (AvgIpc) is 3.31. The molecule has 0 spiro atoms. The number of rotatable bonds is 3. The predicted molar refractivity (Wildman–Crippen MR) is 101 cm³/mol. The van der Waals surface area contributed by atoms with Crippen molar-refractivity contribution in [2.24, 2.45) is 0 Å². The number of aliphatic hydroxyl groups is 1. The molecule has 1 saturated heterocycles. The lowest BCUT2D eigenvalue weighted by Gasteiger charge is -2.23. The Balaban J connectivity index is 1.95. The smallest absolute Gasteiger partial charge is 0.300 e. The summed E-state index contributed by atoms with van der Waals surface area (Å²) >= 11 is 0. The second-order valence-corrected chi connectivity index (χ2v) is 6.65. The number of amides is 1. The van der Waals surface area contributed by atoms with Crippen molar-refractivity contribution in [3.05, 3.63) is 95.0 Å². The molecular weight excluding hydrogens is 380 g/mol. The van der Waals surface area contributed by atoms with E-state index in [4.69, 9.17) is 4.42 Å². The van der Waals surface area contributed by atoms with Gasteiger partial charge in [0.2, 0.25) is 0 Å². The Bertz CT molecular complexity index is 1130. The lowest BCUT2D eigenvalue weighted by atomic mass is 9.98. The summed E-state index contributed by atoms with van der Waals surface area (Å²) in [4.78, 5) is 26.4. The summed E-state index contributed by atoms with van der Waals surface area (Å²) in [6, 6.07) is 11.0. The zero-order valence-electron chi connectivity index (χ0n) is 15.2. The Hall–Kier alpha value is -3.74. The van der Waals surface area contributed by atoms with Crippen molar-refractivity contribution in [3.63, 3.8) is 0 Å². The highest BCUT2D eigenvalue weighted by Gasteiger charge is 2.49. The number of anilines is 1. The van der Waals surface area contributed by atoms with Gasteiger partial charge in [-0.3, -0.25) is 14.5 Å². The molecule has 4 rings (SSSR count). The fourth-order valence-corrected chi connectivity index (χ4v) is 3.33. The molecule has 0 saturated carbocycles. The van der Waals surface area contributed by atoms with E-state index < -0.39 is 40.8 Å². The van der Waals surface area contributed by atoms with Crippen LogP contribution in [0.5, 0.6) is 0 Å². The number of halogens is 2. The molecule has 2 heterocycles. The maximum atomic E-state index is 14.5. The van der Waals surface area contributed by atoms with E-state index in [9.17, 15) is 23.5 Å². The number of ketones is 1. The number of carbonyl (C=O) groups is 2. The first kappa shape index (κ1) is 18.6. The van der Waals surface area contributed by atoms with Gasteiger partial charge in [0, 0.05) is 11.6 Å². The first-order chi connectivity index (χ1) is 13.9. The minimum absolute atomic E-state index is 0.126. The zero-order valence-corrected chi connectivity index (χ0v) is 15.2. The molecule has 5 nitrogen and oxygen atoms in total. The van der Waals surface area contributed by atoms with Gasteiger partial charge in [-0.2, -0.15) is 0 Å². The third-order valence-corrected chi connectivity index (χ3v) is 4.75. The monoisotopic (exact) mass is 395 g/mol. The van der Waals surface area contributed by atoms with Crippen LogP contribution < -0.4 is 4.90 Å². The molecule has 1 aliphatic heterocycles. The van der Waals surface area contributed by atoms with Gasteiger partial charge in [0.1, 0.15) is 29.2 Å². The summed E-state index contributed by atoms with van der Waals surface area (Å²) < 4.78 is 33.6. The minimum Gasteiger partial charge on any atom is -0.507 e. The molecule has 1 amide bonds. The van der Waals surface area contributed by atoms with E-state index in [0.717, 1.165) is 28.7 Å². The van der Waals surface area contributed by atoms with E-state index in [0.29, 0.717) is 5.56 Å². The van der Waals surface area contributed by atoms with Gasteiger partial charge in [-0.15, -0.1) is 0 Å². The van der Waals surface area contributed by atoms with Crippen LogP contribution in [0, 0.1) is 18.6 Å². The number of benzene rings is 2. The van der Waals surface area contributed by atoms with E-state index in [-0.39, 0.29) is 11.3 Å². The van der Waals surface area contributed by atoms with Crippen molar-refractivity contribution >= 4 is 23.1 Å². The van der Waals surface area contributed by atoms with Crippen LogP contribution >= 0.6 is 0 Å². The molecule has 2 aromatic carbocycles. The second kappa shape index (κ2) is 7.01. The Morgan fingerprint density at radius 1 is 1.07 bits per heavy atom. The molecule has 1 unspecified atom stereocenters. The number of hydrogen-bond donors (Lipinski definition) is 1. The van der Waals surface area contributed by atoms with Crippen molar-refractivity contribution < 1.29 is 27.9 Å². The van der Waals surface area contributed by atoms with Crippen LogP contribution in [-0.2, 0) is 9.59 Å².